The molecule has 0 bridgehead atoms. The number of aromatic hydroxyl groups is 1. The summed E-state index contributed by atoms with van der Waals surface area (Å²) in [5, 5.41) is 21.5. The van der Waals surface area contributed by atoms with Crippen molar-refractivity contribution in [3.63, 3.8) is 0 Å². The lowest BCUT2D eigenvalue weighted by Crippen LogP contribution is -2.16. The number of phenols is 1. The highest BCUT2D eigenvalue weighted by Gasteiger charge is 2.17. The van der Waals surface area contributed by atoms with Gasteiger partial charge in [0.15, 0.2) is 5.78 Å². The van der Waals surface area contributed by atoms with Crippen LogP contribution in [0.4, 0.5) is 5.69 Å². The van der Waals surface area contributed by atoms with E-state index >= 15 is 0 Å². The van der Waals surface area contributed by atoms with E-state index in [0.717, 1.165) is 26.4 Å². The van der Waals surface area contributed by atoms with Crippen LogP contribution in [0.3, 0.4) is 0 Å². The molecular formula is C15H14N2O6. The SMILES string of the molecule is COC(=O)/C=C(/Nc1cc(O)c(C(C)=O)cc1C#N)C(=O)OC. The van der Waals surface area contributed by atoms with Crippen molar-refractivity contribution in [3.8, 4) is 11.8 Å². The first-order valence-electron chi connectivity index (χ1n) is 6.27. The molecule has 23 heavy (non-hydrogen) atoms. The molecule has 0 spiro atoms. The van der Waals surface area contributed by atoms with Gasteiger partial charge in [0, 0.05) is 6.07 Å². The number of methoxy groups -OCH3 is 2. The Morgan fingerprint density at radius 3 is 2.39 bits per heavy atom. The summed E-state index contributed by atoms with van der Waals surface area (Å²) in [5.74, 6) is -2.50. The molecule has 0 aliphatic heterocycles. The Morgan fingerprint density at radius 2 is 1.91 bits per heavy atom. The quantitative estimate of drug-likeness (QED) is 0.470. The number of Topliss-reactive ketones (excluding diaryl/α,β-unsaturated/α-hetero) is 1. The van der Waals surface area contributed by atoms with Crippen LogP contribution in [0.5, 0.6) is 5.75 Å². The predicted octanol–water partition coefficient (Wildman–Crippen LogP) is 1.11. The lowest BCUT2D eigenvalue weighted by Gasteiger charge is -2.12. The van der Waals surface area contributed by atoms with Crippen LogP contribution in [0.1, 0.15) is 22.8 Å². The first-order chi connectivity index (χ1) is 10.8. The molecule has 0 heterocycles. The van der Waals surface area contributed by atoms with Crippen molar-refractivity contribution in [2.24, 2.45) is 0 Å². The lowest BCUT2D eigenvalue weighted by molar-refractivity contribution is -0.138. The van der Waals surface area contributed by atoms with E-state index in [-0.39, 0.29) is 28.3 Å². The number of hydrogen-bond donors (Lipinski definition) is 2. The van der Waals surface area contributed by atoms with Gasteiger partial charge in [-0.15, -0.1) is 0 Å². The predicted molar refractivity (Wildman–Crippen MR) is 78.6 cm³/mol. The van der Waals surface area contributed by atoms with Crippen LogP contribution >= 0.6 is 0 Å². The summed E-state index contributed by atoms with van der Waals surface area (Å²) in [6, 6.07) is 4.10. The molecule has 0 saturated carbocycles. The van der Waals surface area contributed by atoms with Crippen LogP contribution in [-0.4, -0.2) is 37.0 Å². The lowest BCUT2D eigenvalue weighted by atomic mass is 10.0. The average Bonchev–Trinajstić information content (AvgIpc) is 2.53. The Bertz CT molecular complexity index is 730. The van der Waals surface area contributed by atoms with Gasteiger partial charge in [-0.05, 0) is 13.0 Å². The molecule has 0 aliphatic carbocycles. The standard InChI is InChI=1S/C15H14N2O6/c1-8(18)10-4-9(7-16)11(5-13(10)19)17-12(15(21)23-3)6-14(20)22-2/h4-6,17,19H,1-3H3/b12-6+. The maximum Gasteiger partial charge on any atom is 0.354 e. The van der Waals surface area contributed by atoms with Crippen molar-refractivity contribution in [3.05, 3.63) is 35.0 Å². The van der Waals surface area contributed by atoms with Gasteiger partial charge in [-0.2, -0.15) is 5.26 Å². The maximum absolute atomic E-state index is 11.7. The first kappa shape index (κ1) is 17.7. The van der Waals surface area contributed by atoms with Gasteiger partial charge >= 0.3 is 11.9 Å². The van der Waals surface area contributed by atoms with Gasteiger partial charge in [0.05, 0.1) is 37.1 Å². The second-order valence-electron chi connectivity index (χ2n) is 4.28. The molecule has 1 aromatic rings. The largest absolute Gasteiger partial charge is 0.507 e. The van der Waals surface area contributed by atoms with Crippen molar-refractivity contribution in [2.75, 3.05) is 19.5 Å². The fourth-order valence-corrected chi connectivity index (χ4v) is 1.64. The molecule has 1 aromatic carbocycles. The van der Waals surface area contributed by atoms with E-state index < -0.39 is 17.7 Å². The molecule has 0 saturated heterocycles. The summed E-state index contributed by atoms with van der Waals surface area (Å²) in [6.07, 6.45) is 0.836. The van der Waals surface area contributed by atoms with Gasteiger partial charge in [-0.25, -0.2) is 9.59 Å². The number of nitriles is 1. The molecule has 0 unspecified atom stereocenters. The van der Waals surface area contributed by atoms with Gasteiger partial charge in [0.2, 0.25) is 0 Å². The molecule has 0 aliphatic rings. The number of benzene rings is 1. The number of carbonyl (C=O) groups is 3. The summed E-state index contributed by atoms with van der Waals surface area (Å²) >= 11 is 0. The maximum atomic E-state index is 11.7. The van der Waals surface area contributed by atoms with E-state index in [1.54, 1.807) is 0 Å². The van der Waals surface area contributed by atoms with E-state index in [1.807, 2.05) is 6.07 Å². The van der Waals surface area contributed by atoms with Crippen LogP contribution < -0.4 is 5.32 Å². The number of esters is 2. The molecular weight excluding hydrogens is 304 g/mol. The molecule has 0 fully saturated rings. The van der Waals surface area contributed by atoms with Crippen LogP contribution in [-0.2, 0) is 19.1 Å². The van der Waals surface area contributed by atoms with Crippen molar-refractivity contribution >= 4 is 23.4 Å². The Kier molecular flexibility index (Phi) is 5.86. The zero-order valence-corrected chi connectivity index (χ0v) is 12.7. The molecule has 8 heteroatoms. The number of ketones is 1. The molecule has 120 valence electrons. The number of hydrogen-bond acceptors (Lipinski definition) is 8. The molecule has 2 N–H and O–H groups in total. The van der Waals surface area contributed by atoms with E-state index in [1.165, 1.54) is 13.0 Å². The summed E-state index contributed by atoms with van der Waals surface area (Å²) in [7, 11) is 2.23. The second-order valence-corrected chi connectivity index (χ2v) is 4.28. The van der Waals surface area contributed by atoms with Crippen LogP contribution in [0.25, 0.3) is 0 Å². The fraction of sp³-hybridized carbons (Fsp3) is 0.200. The number of carbonyl (C=O) groups excluding carboxylic acids is 3. The number of phenolic OH excluding ortho intramolecular Hbond substituents is 1. The fourth-order valence-electron chi connectivity index (χ4n) is 1.64. The Labute approximate surface area is 131 Å². The number of nitrogens with one attached hydrogen (secondary N) is 1. The highest BCUT2D eigenvalue weighted by atomic mass is 16.5. The van der Waals surface area contributed by atoms with Crippen LogP contribution in [0.2, 0.25) is 0 Å². The van der Waals surface area contributed by atoms with Gasteiger partial charge in [-0.1, -0.05) is 0 Å². The topological polar surface area (TPSA) is 126 Å². The molecule has 0 radical (unpaired) electrons. The third kappa shape index (κ3) is 4.31. The number of rotatable bonds is 5. The van der Waals surface area contributed by atoms with Gasteiger partial charge in [0.1, 0.15) is 17.5 Å². The van der Waals surface area contributed by atoms with Gasteiger partial charge < -0.3 is 19.9 Å². The minimum Gasteiger partial charge on any atom is -0.507 e. The molecule has 8 nitrogen and oxygen atoms in total. The summed E-state index contributed by atoms with van der Waals surface area (Å²) in [6.45, 7) is 1.24. The monoisotopic (exact) mass is 318 g/mol. The highest BCUT2D eigenvalue weighted by Crippen LogP contribution is 2.27. The van der Waals surface area contributed by atoms with Crippen molar-refractivity contribution < 1.29 is 29.0 Å². The smallest absolute Gasteiger partial charge is 0.354 e. The van der Waals surface area contributed by atoms with E-state index in [9.17, 15) is 19.5 Å². The van der Waals surface area contributed by atoms with Crippen molar-refractivity contribution in [1.29, 1.82) is 5.26 Å². The minimum atomic E-state index is -0.880. The number of nitrogens with zero attached hydrogens (tertiary/aromatic N) is 1. The Hall–Kier alpha value is -3.34. The third-order valence-electron chi connectivity index (χ3n) is 2.77. The molecule has 0 atom stereocenters. The Morgan fingerprint density at radius 1 is 1.26 bits per heavy atom. The number of anilines is 1. The number of ether oxygens (including phenoxy) is 2. The average molecular weight is 318 g/mol. The Balaban J connectivity index is 3.34. The third-order valence-corrected chi connectivity index (χ3v) is 2.77. The summed E-state index contributed by atoms with van der Waals surface area (Å²) in [5.41, 5.74) is -0.322. The van der Waals surface area contributed by atoms with Gasteiger partial charge in [0.25, 0.3) is 0 Å². The molecule has 1 rings (SSSR count). The normalized spacial score (nSPS) is 10.4. The van der Waals surface area contributed by atoms with E-state index in [0.29, 0.717) is 0 Å². The first-order valence-corrected chi connectivity index (χ1v) is 6.27. The molecule has 0 aromatic heterocycles. The summed E-state index contributed by atoms with van der Waals surface area (Å²) in [4.78, 5) is 34.3. The van der Waals surface area contributed by atoms with E-state index in [4.69, 9.17) is 5.26 Å². The van der Waals surface area contributed by atoms with Gasteiger partial charge in [-0.3, -0.25) is 4.79 Å². The highest BCUT2D eigenvalue weighted by molar-refractivity contribution is 6.00. The second kappa shape index (κ2) is 7.61. The zero-order valence-electron chi connectivity index (χ0n) is 12.7. The zero-order chi connectivity index (χ0) is 17.6. The van der Waals surface area contributed by atoms with Crippen LogP contribution in [0, 0.1) is 11.3 Å². The molecule has 0 amide bonds. The van der Waals surface area contributed by atoms with Crippen LogP contribution in [0.15, 0.2) is 23.9 Å². The van der Waals surface area contributed by atoms with Crippen molar-refractivity contribution in [1.82, 2.24) is 0 Å². The van der Waals surface area contributed by atoms with E-state index in [2.05, 4.69) is 14.8 Å². The van der Waals surface area contributed by atoms with Crippen molar-refractivity contribution in [2.45, 2.75) is 6.92 Å². The summed E-state index contributed by atoms with van der Waals surface area (Å²) < 4.78 is 8.94. The minimum absolute atomic E-state index is 0.00679.